The summed E-state index contributed by atoms with van der Waals surface area (Å²) in [5, 5.41) is 19.0. The smallest absolute Gasteiger partial charge is 0.353 e. The van der Waals surface area contributed by atoms with Crippen LogP contribution in [-0.4, -0.2) is 69.2 Å². The van der Waals surface area contributed by atoms with E-state index in [1.165, 1.54) is 57.8 Å². The van der Waals surface area contributed by atoms with Gasteiger partial charge in [-0.1, -0.05) is 90.9 Å². The molecule has 0 aromatic heterocycles. The maximum absolute atomic E-state index is 11.8. The first-order valence-corrected chi connectivity index (χ1v) is 11.8. The van der Waals surface area contributed by atoms with Gasteiger partial charge in [-0.2, -0.15) is 0 Å². The van der Waals surface area contributed by atoms with Crippen LogP contribution in [-0.2, 0) is 19.1 Å². The minimum atomic E-state index is -2.52. The van der Waals surface area contributed by atoms with Gasteiger partial charge in [-0.15, -0.1) is 0 Å². The average molecular weight is 452 g/mol. The number of aliphatic hydroxyl groups is 2. The van der Waals surface area contributed by atoms with Crippen molar-refractivity contribution in [3.8, 4) is 0 Å². The Balaban J connectivity index is 0. The quantitative estimate of drug-likeness (QED) is 0.138. The number of carbonyl (C=O) groups excluding carboxylic acids is 3. The Labute approximate surface area is 211 Å². The molecule has 0 aliphatic heterocycles. The summed E-state index contributed by atoms with van der Waals surface area (Å²) in [4.78, 5) is 35.0. The Hall–Kier alpha value is -0.270. The fraction of sp³-hybridized carbons (Fsp3) is 0.875. The van der Waals surface area contributed by atoms with Crippen molar-refractivity contribution >= 4 is 47.3 Å². The molecule has 0 amide bonds. The number of ketones is 1. The van der Waals surface area contributed by atoms with E-state index in [1.807, 2.05) is 0 Å². The number of aliphatic hydroxyl groups excluding tert-OH is 1. The Morgan fingerprint density at radius 3 is 1.55 bits per heavy atom. The molecule has 2 atom stereocenters. The molecule has 2 unspecified atom stereocenters. The van der Waals surface area contributed by atoms with Crippen LogP contribution in [0.15, 0.2) is 0 Å². The van der Waals surface area contributed by atoms with Gasteiger partial charge in [0, 0.05) is 36.0 Å². The standard InChI is InChI=1S/C24H44O6.Na/c1-19(2)17-15-13-11-9-7-5-6-8-10-12-14-16-18-21(26)30-23(28)24(4,29)22(27)20(3)25;/h19-20,25,29H,5-18H2,1-4H3;. The molecule has 0 aromatic rings. The fourth-order valence-corrected chi connectivity index (χ4v) is 3.35. The van der Waals surface area contributed by atoms with Gasteiger partial charge < -0.3 is 14.9 Å². The van der Waals surface area contributed by atoms with Crippen LogP contribution in [0, 0.1) is 5.92 Å². The number of Topliss-reactive ketones (excluding diaryl/α,β-unsaturated/α-hetero) is 1. The SMILES string of the molecule is CC(C)CCCCCCCCCCCCCCC(=O)OC(=O)C(C)(O)C(=O)C(C)O.[Na]. The van der Waals surface area contributed by atoms with Gasteiger partial charge in [-0.3, -0.25) is 9.59 Å². The van der Waals surface area contributed by atoms with Gasteiger partial charge in [0.25, 0.3) is 0 Å². The first kappa shape index (κ1) is 32.9. The molecule has 0 saturated heterocycles. The molecule has 1 radical (unpaired) electrons. The first-order valence-electron chi connectivity index (χ1n) is 11.8. The van der Waals surface area contributed by atoms with E-state index in [9.17, 15) is 24.6 Å². The number of carbonyl (C=O) groups is 3. The summed E-state index contributed by atoms with van der Waals surface area (Å²) in [5.41, 5.74) is -2.52. The van der Waals surface area contributed by atoms with Crippen molar-refractivity contribution in [2.24, 2.45) is 5.92 Å². The molecule has 0 saturated carbocycles. The van der Waals surface area contributed by atoms with Crippen molar-refractivity contribution < 1.29 is 29.3 Å². The molecule has 0 bridgehead atoms. The summed E-state index contributed by atoms with van der Waals surface area (Å²) >= 11 is 0. The van der Waals surface area contributed by atoms with Gasteiger partial charge >= 0.3 is 11.9 Å². The summed E-state index contributed by atoms with van der Waals surface area (Å²) in [5.74, 6) is -2.36. The van der Waals surface area contributed by atoms with E-state index in [2.05, 4.69) is 18.6 Å². The van der Waals surface area contributed by atoms with Crippen molar-refractivity contribution in [1.29, 1.82) is 0 Å². The monoisotopic (exact) mass is 451 g/mol. The second-order valence-electron chi connectivity index (χ2n) is 9.05. The van der Waals surface area contributed by atoms with Crippen molar-refractivity contribution in [2.75, 3.05) is 0 Å². The molecule has 7 heteroatoms. The minimum absolute atomic E-state index is 0. The number of unbranched alkanes of at least 4 members (excludes halogenated alkanes) is 11. The molecule has 0 rings (SSSR count). The summed E-state index contributed by atoms with van der Waals surface area (Å²) in [6, 6.07) is 0. The third kappa shape index (κ3) is 16.9. The van der Waals surface area contributed by atoms with Gasteiger partial charge in [0.05, 0.1) is 0 Å². The summed E-state index contributed by atoms with van der Waals surface area (Å²) < 4.78 is 4.55. The molecule has 0 aromatic carbocycles. The normalized spacial score (nSPS) is 13.9. The first-order chi connectivity index (χ1) is 14.1. The van der Waals surface area contributed by atoms with Crippen molar-refractivity contribution in [3.05, 3.63) is 0 Å². The van der Waals surface area contributed by atoms with Crippen LogP contribution in [0.1, 0.15) is 118 Å². The Kier molecular flexibility index (Phi) is 20.4. The van der Waals surface area contributed by atoms with Crippen molar-refractivity contribution in [1.82, 2.24) is 0 Å². The summed E-state index contributed by atoms with van der Waals surface area (Å²) in [7, 11) is 0. The third-order valence-electron chi connectivity index (χ3n) is 5.38. The Morgan fingerprint density at radius 1 is 0.774 bits per heavy atom. The van der Waals surface area contributed by atoms with E-state index in [0.29, 0.717) is 6.42 Å². The largest absolute Gasteiger partial charge is 0.391 e. The van der Waals surface area contributed by atoms with Crippen LogP contribution < -0.4 is 0 Å². The van der Waals surface area contributed by atoms with Gasteiger partial charge in [0.15, 0.2) is 0 Å². The second kappa shape index (κ2) is 19.2. The predicted octanol–water partition coefficient (Wildman–Crippen LogP) is 4.49. The van der Waals surface area contributed by atoms with Crippen LogP contribution in [0.4, 0.5) is 0 Å². The third-order valence-corrected chi connectivity index (χ3v) is 5.38. The maximum atomic E-state index is 11.8. The van der Waals surface area contributed by atoms with Crippen molar-refractivity contribution in [3.63, 3.8) is 0 Å². The molecule has 2 N–H and O–H groups in total. The Morgan fingerprint density at radius 2 is 1.16 bits per heavy atom. The second-order valence-corrected chi connectivity index (χ2v) is 9.05. The van der Waals surface area contributed by atoms with Crippen molar-refractivity contribution in [2.45, 2.75) is 129 Å². The minimum Gasteiger partial charge on any atom is -0.391 e. The number of ether oxygens (including phenoxy) is 1. The number of rotatable bonds is 18. The zero-order valence-corrected chi connectivity index (χ0v) is 22.6. The van der Waals surface area contributed by atoms with Gasteiger partial charge in [-0.25, -0.2) is 4.79 Å². The zero-order valence-electron chi connectivity index (χ0n) is 20.6. The molecule has 0 aliphatic carbocycles. The van der Waals surface area contributed by atoms with E-state index < -0.39 is 29.4 Å². The van der Waals surface area contributed by atoms with E-state index >= 15 is 0 Å². The summed E-state index contributed by atoms with van der Waals surface area (Å²) in [6.45, 7) is 6.62. The predicted molar refractivity (Wildman–Crippen MR) is 124 cm³/mol. The molecule has 0 heterocycles. The van der Waals surface area contributed by atoms with E-state index in [4.69, 9.17) is 0 Å². The molecule has 6 nitrogen and oxygen atoms in total. The molecule has 31 heavy (non-hydrogen) atoms. The van der Waals surface area contributed by atoms with Crippen LogP contribution in [0.5, 0.6) is 0 Å². The molecular formula is C24H44NaO6. The molecule has 0 aliphatic rings. The number of esters is 2. The van der Waals surface area contributed by atoms with E-state index in [0.717, 1.165) is 39.0 Å². The van der Waals surface area contributed by atoms with Crippen LogP contribution in [0.3, 0.4) is 0 Å². The molecule has 0 spiro atoms. The topological polar surface area (TPSA) is 101 Å². The fourth-order valence-electron chi connectivity index (χ4n) is 3.35. The number of hydrogen-bond acceptors (Lipinski definition) is 6. The van der Waals surface area contributed by atoms with Gasteiger partial charge in [-0.05, 0) is 26.2 Å². The van der Waals surface area contributed by atoms with E-state index in [1.54, 1.807) is 0 Å². The van der Waals surface area contributed by atoms with Crippen LogP contribution >= 0.6 is 0 Å². The zero-order chi connectivity index (χ0) is 23.0. The Bertz CT molecular complexity index is 502. The number of hydrogen-bond donors (Lipinski definition) is 2. The van der Waals surface area contributed by atoms with Gasteiger partial charge in [0.2, 0.25) is 11.4 Å². The molecular weight excluding hydrogens is 407 g/mol. The van der Waals surface area contributed by atoms with Crippen LogP contribution in [0.2, 0.25) is 0 Å². The summed E-state index contributed by atoms with van der Waals surface area (Å²) in [6.07, 6.45) is 14.1. The maximum Gasteiger partial charge on any atom is 0.353 e. The van der Waals surface area contributed by atoms with Crippen LogP contribution in [0.25, 0.3) is 0 Å². The van der Waals surface area contributed by atoms with Gasteiger partial charge in [0.1, 0.15) is 6.10 Å². The molecule has 177 valence electrons. The van der Waals surface area contributed by atoms with E-state index in [-0.39, 0.29) is 36.0 Å². The molecule has 0 fully saturated rings. The average Bonchev–Trinajstić information content (AvgIpc) is 2.67.